The highest BCUT2D eigenvalue weighted by molar-refractivity contribution is 6.02. The number of carbonyl (C=O) groups is 3. The number of anilines is 1. The molecule has 0 fully saturated rings. The molecule has 0 aliphatic carbocycles. The van der Waals surface area contributed by atoms with Crippen molar-refractivity contribution in [1.29, 1.82) is 0 Å². The summed E-state index contributed by atoms with van der Waals surface area (Å²) >= 11 is 0. The third-order valence-corrected chi connectivity index (χ3v) is 3.46. The highest BCUT2D eigenvalue weighted by Crippen LogP contribution is 2.15. The van der Waals surface area contributed by atoms with Gasteiger partial charge in [-0.05, 0) is 44.0 Å². The van der Waals surface area contributed by atoms with E-state index in [0.717, 1.165) is 0 Å². The molecule has 0 aliphatic heterocycles. The van der Waals surface area contributed by atoms with E-state index in [-0.39, 0.29) is 17.8 Å². The van der Waals surface area contributed by atoms with Crippen LogP contribution in [-0.2, 0) is 14.3 Å². The summed E-state index contributed by atoms with van der Waals surface area (Å²) in [4.78, 5) is 35.1. The zero-order chi connectivity index (χ0) is 19.0. The fourth-order valence-corrected chi connectivity index (χ4v) is 2.34. The normalized spacial score (nSPS) is 12.5. The summed E-state index contributed by atoms with van der Waals surface area (Å²) in [5.41, 5.74) is 3.92. The maximum Gasteiger partial charge on any atom is 0.314 e. The molecule has 0 aromatic heterocycles. The summed E-state index contributed by atoms with van der Waals surface area (Å²) in [6.07, 6.45) is 0. The standard InChI is InChI=1S/C18H25N3O4/c1-6-25-18(24)16(11(2)3)12(4)20-21-17(23)14-7-9-15(10-8-14)19-13(5)22/h7-11,16H,6H2,1-5H3,(H,19,22)(H,21,23)/b20-12+/t16-/m1/s1. The van der Waals surface area contributed by atoms with Crippen LogP contribution in [0.5, 0.6) is 0 Å². The summed E-state index contributed by atoms with van der Waals surface area (Å²) in [7, 11) is 0. The molecule has 136 valence electrons. The number of nitrogens with one attached hydrogen (secondary N) is 2. The molecular weight excluding hydrogens is 322 g/mol. The lowest BCUT2D eigenvalue weighted by atomic mass is 9.92. The van der Waals surface area contributed by atoms with Crippen LogP contribution in [-0.4, -0.2) is 30.1 Å². The first-order chi connectivity index (χ1) is 11.8. The minimum atomic E-state index is -0.512. The van der Waals surface area contributed by atoms with Crippen LogP contribution in [0, 0.1) is 11.8 Å². The average Bonchev–Trinajstić information content (AvgIpc) is 2.52. The van der Waals surface area contributed by atoms with Gasteiger partial charge < -0.3 is 10.1 Å². The van der Waals surface area contributed by atoms with Gasteiger partial charge in [-0.2, -0.15) is 5.10 Å². The van der Waals surface area contributed by atoms with Crippen molar-refractivity contribution in [3.05, 3.63) is 29.8 Å². The topological polar surface area (TPSA) is 96.9 Å². The molecule has 25 heavy (non-hydrogen) atoms. The van der Waals surface area contributed by atoms with Crippen molar-refractivity contribution in [3.63, 3.8) is 0 Å². The third kappa shape index (κ3) is 6.37. The minimum Gasteiger partial charge on any atom is -0.465 e. The number of esters is 1. The molecular formula is C18H25N3O4. The van der Waals surface area contributed by atoms with Crippen molar-refractivity contribution in [2.75, 3.05) is 11.9 Å². The fraction of sp³-hybridized carbons (Fsp3) is 0.444. The van der Waals surface area contributed by atoms with Gasteiger partial charge in [0.15, 0.2) is 0 Å². The van der Waals surface area contributed by atoms with Gasteiger partial charge in [-0.1, -0.05) is 13.8 Å². The van der Waals surface area contributed by atoms with Crippen LogP contribution in [0.2, 0.25) is 0 Å². The van der Waals surface area contributed by atoms with Crippen molar-refractivity contribution in [1.82, 2.24) is 5.43 Å². The van der Waals surface area contributed by atoms with Gasteiger partial charge in [0, 0.05) is 23.9 Å². The van der Waals surface area contributed by atoms with E-state index in [1.54, 1.807) is 38.1 Å². The summed E-state index contributed by atoms with van der Waals surface area (Å²) in [6.45, 7) is 8.91. The predicted molar refractivity (Wildman–Crippen MR) is 96.3 cm³/mol. The van der Waals surface area contributed by atoms with Gasteiger partial charge in [0.25, 0.3) is 5.91 Å². The number of nitrogens with zero attached hydrogens (tertiary/aromatic N) is 1. The monoisotopic (exact) mass is 347 g/mol. The van der Waals surface area contributed by atoms with E-state index in [1.165, 1.54) is 6.92 Å². The lowest BCUT2D eigenvalue weighted by molar-refractivity contribution is -0.146. The van der Waals surface area contributed by atoms with Crippen molar-refractivity contribution in [3.8, 4) is 0 Å². The number of carbonyl (C=O) groups excluding carboxylic acids is 3. The smallest absolute Gasteiger partial charge is 0.314 e. The third-order valence-electron chi connectivity index (χ3n) is 3.46. The van der Waals surface area contributed by atoms with Crippen molar-refractivity contribution >= 4 is 29.2 Å². The summed E-state index contributed by atoms with van der Waals surface area (Å²) in [5.74, 6) is -1.46. The van der Waals surface area contributed by atoms with Crippen LogP contribution < -0.4 is 10.7 Å². The predicted octanol–water partition coefficient (Wildman–Crippen LogP) is 2.59. The molecule has 0 aliphatic rings. The number of rotatable bonds is 7. The van der Waals surface area contributed by atoms with Crippen LogP contribution in [0.3, 0.4) is 0 Å². The molecule has 2 N–H and O–H groups in total. The van der Waals surface area contributed by atoms with Gasteiger partial charge in [-0.25, -0.2) is 5.43 Å². The molecule has 1 aromatic carbocycles. The summed E-state index contributed by atoms with van der Waals surface area (Å²) in [5, 5.41) is 6.67. The molecule has 0 unspecified atom stereocenters. The largest absolute Gasteiger partial charge is 0.465 e. The van der Waals surface area contributed by atoms with E-state index < -0.39 is 11.8 Å². The molecule has 1 atom stereocenters. The van der Waals surface area contributed by atoms with Crippen molar-refractivity contribution < 1.29 is 19.1 Å². The Bertz CT molecular complexity index is 651. The number of hydrogen-bond donors (Lipinski definition) is 2. The maximum atomic E-state index is 12.1. The Morgan fingerprint density at radius 1 is 1.12 bits per heavy atom. The van der Waals surface area contributed by atoms with Gasteiger partial charge in [-0.15, -0.1) is 0 Å². The quantitative estimate of drug-likeness (QED) is 0.450. The van der Waals surface area contributed by atoms with Crippen molar-refractivity contribution in [2.24, 2.45) is 16.9 Å². The zero-order valence-corrected chi connectivity index (χ0v) is 15.3. The summed E-state index contributed by atoms with van der Waals surface area (Å²) < 4.78 is 5.06. The lowest BCUT2D eigenvalue weighted by Crippen LogP contribution is -2.31. The van der Waals surface area contributed by atoms with Crippen LogP contribution in [0.1, 0.15) is 45.0 Å². The highest BCUT2D eigenvalue weighted by Gasteiger charge is 2.26. The first-order valence-electron chi connectivity index (χ1n) is 8.15. The number of hydrazone groups is 1. The van der Waals surface area contributed by atoms with Crippen LogP contribution in [0.15, 0.2) is 29.4 Å². The molecule has 7 heteroatoms. The molecule has 1 aromatic rings. The Balaban J connectivity index is 2.79. The Morgan fingerprint density at radius 2 is 1.72 bits per heavy atom. The second-order valence-corrected chi connectivity index (χ2v) is 5.93. The SMILES string of the molecule is CCOC(=O)[C@@H](/C(C)=N/NC(=O)c1ccc(NC(C)=O)cc1)C(C)C. The molecule has 0 saturated heterocycles. The van der Waals surface area contributed by atoms with Gasteiger partial charge in [-0.3, -0.25) is 14.4 Å². The average molecular weight is 347 g/mol. The number of ether oxygens (including phenoxy) is 1. The lowest BCUT2D eigenvalue weighted by Gasteiger charge is -2.18. The molecule has 2 amide bonds. The summed E-state index contributed by atoms with van der Waals surface area (Å²) in [6, 6.07) is 6.41. The van der Waals surface area contributed by atoms with Gasteiger partial charge in [0.05, 0.1) is 12.5 Å². The molecule has 0 heterocycles. The zero-order valence-electron chi connectivity index (χ0n) is 15.3. The first-order valence-corrected chi connectivity index (χ1v) is 8.15. The van der Waals surface area contributed by atoms with E-state index in [0.29, 0.717) is 23.6 Å². The Morgan fingerprint density at radius 3 is 2.20 bits per heavy atom. The Kier molecular flexibility index (Phi) is 7.78. The van der Waals surface area contributed by atoms with E-state index >= 15 is 0 Å². The van der Waals surface area contributed by atoms with Gasteiger partial charge in [0.2, 0.25) is 5.91 Å². The van der Waals surface area contributed by atoms with Gasteiger partial charge in [0.1, 0.15) is 0 Å². The molecule has 0 saturated carbocycles. The van der Waals surface area contributed by atoms with E-state index in [9.17, 15) is 14.4 Å². The number of benzene rings is 1. The van der Waals surface area contributed by atoms with Crippen LogP contribution >= 0.6 is 0 Å². The second-order valence-electron chi connectivity index (χ2n) is 5.93. The molecule has 7 nitrogen and oxygen atoms in total. The second kappa shape index (κ2) is 9.56. The number of hydrogen-bond acceptors (Lipinski definition) is 5. The number of amides is 2. The highest BCUT2D eigenvalue weighted by atomic mass is 16.5. The Hall–Kier alpha value is -2.70. The minimum absolute atomic E-state index is 0.00311. The van der Waals surface area contributed by atoms with E-state index in [4.69, 9.17) is 4.74 Å². The van der Waals surface area contributed by atoms with E-state index in [2.05, 4.69) is 15.8 Å². The molecule has 0 bridgehead atoms. The first kappa shape index (κ1) is 20.3. The van der Waals surface area contributed by atoms with E-state index in [1.807, 2.05) is 13.8 Å². The van der Waals surface area contributed by atoms with Crippen molar-refractivity contribution in [2.45, 2.75) is 34.6 Å². The molecule has 0 spiro atoms. The van der Waals surface area contributed by atoms with Crippen LogP contribution in [0.25, 0.3) is 0 Å². The molecule has 0 radical (unpaired) electrons. The maximum absolute atomic E-state index is 12.1. The molecule has 1 rings (SSSR count). The Labute approximate surface area is 147 Å². The van der Waals surface area contributed by atoms with Gasteiger partial charge >= 0.3 is 5.97 Å². The van der Waals surface area contributed by atoms with Crippen LogP contribution in [0.4, 0.5) is 5.69 Å². The fourth-order valence-electron chi connectivity index (χ4n) is 2.34.